The average molecular weight is 337 g/mol. The van der Waals surface area contributed by atoms with E-state index < -0.39 is 18.2 Å². The van der Waals surface area contributed by atoms with Crippen molar-refractivity contribution in [3.63, 3.8) is 0 Å². The molecule has 1 heterocycles. The lowest BCUT2D eigenvalue weighted by Gasteiger charge is -2.28. The molecule has 6 heteroatoms. The van der Waals surface area contributed by atoms with Gasteiger partial charge in [-0.3, -0.25) is 4.79 Å². The highest BCUT2D eigenvalue weighted by atomic mass is 19.1. The molecule has 0 aliphatic carbocycles. The normalized spacial score (nSPS) is 22.2. The van der Waals surface area contributed by atoms with Crippen molar-refractivity contribution < 1.29 is 23.8 Å². The number of hydrogen-bond donors (Lipinski definition) is 2. The molecule has 0 bridgehead atoms. The highest BCUT2D eigenvalue weighted by Crippen LogP contribution is 2.30. The summed E-state index contributed by atoms with van der Waals surface area (Å²) < 4.78 is 18.5. The lowest BCUT2D eigenvalue weighted by Crippen LogP contribution is -2.39. The Balaban J connectivity index is 2.09. The van der Waals surface area contributed by atoms with Gasteiger partial charge in [0.1, 0.15) is 11.9 Å². The molecule has 0 spiro atoms. The number of benzene rings is 1. The van der Waals surface area contributed by atoms with Crippen molar-refractivity contribution in [1.82, 2.24) is 5.32 Å². The molecule has 0 saturated carbocycles. The van der Waals surface area contributed by atoms with Crippen LogP contribution < -0.4 is 5.32 Å². The summed E-state index contributed by atoms with van der Waals surface area (Å²) in [6, 6.07) is 5.75. The van der Waals surface area contributed by atoms with Gasteiger partial charge < -0.3 is 15.2 Å². The number of carboxylic acids is 1. The number of rotatable bonds is 5. The summed E-state index contributed by atoms with van der Waals surface area (Å²) in [5, 5.41) is 11.9. The summed E-state index contributed by atoms with van der Waals surface area (Å²) >= 11 is 0. The Bertz CT molecular complexity index is 594. The van der Waals surface area contributed by atoms with Crippen LogP contribution in [-0.2, 0) is 14.3 Å². The summed E-state index contributed by atoms with van der Waals surface area (Å²) in [4.78, 5) is 23.4. The van der Waals surface area contributed by atoms with E-state index in [0.29, 0.717) is 19.3 Å². The second-order valence-corrected chi connectivity index (χ2v) is 7.41. The molecule has 1 fully saturated rings. The molecule has 0 aromatic heterocycles. The Morgan fingerprint density at radius 1 is 1.25 bits per heavy atom. The first-order valence-corrected chi connectivity index (χ1v) is 8.10. The van der Waals surface area contributed by atoms with E-state index in [-0.39, 0.29) is 23.2 Å². The van der Waals surface area contributed by atoms with Crippen LogP contribution in [0.4, 0.5) is 4.39 Å². The minimum Gasteiger partial charge on any atom is -0.479 e. The van der Waals surface area contributed by atoms with Gasteiger partial charge in [0, 0.05) is 0 Å². The van der Waals surface area contributed by atoms with E-state index >= 15 is 0 Å². The standard InChI is InChI=1S/C18H24FNO4/c1-18(2,3)10-13(11-4-6-12(19)7-5-11)20-16(21)14-8-9-15(24-14)17(22)23/h4-7,13-15H,8-10H2,1-3H3,(H,20,21)(H,22,23)/t13?,14-,15+/m0/s1. The van der Waals surface area contributed by atoms with Crippen LogP contribution in [0, 0.1) is 11.2 Å². The highest BCUT2D eigenvalue weighted by molar-refractivity contribution is 5.83. The van der Waals surface area contributed by atoms with Crippen LogP contribution in [-0.4, -0.2) is 29.2 Å². The van der Waals surface area contributed by atoms with E-state index in [0.717, 1.165) is 5.56 Å². The summed E-state index contributed by atoms with van der Waals surface area (Å²) in [5.74, 6) is -1.70. The summed E-state index contributed by atoms with van der Waals surface area (Å²) in [6.07, 6.45) is -0.302. The number of nitrogens with one attached hydrogen (secondary N) is 1. The fourth-order valence-electron chi connectivity index (χ4n) is 2.84. The van der Waals surface area contributed by atoms with E-state index in [9.17, 15) is 14.0 Å². The first kappa shape index (κ1) is 18.4. The third-order valence-electron chi connectivity index (χ3n) is 3.99. The van der Waals surface area contributed by atoms with Crippen molar-refractivity contribution in [2.75, 3.05) is 0 Å². The number of aliphatic carboxylic acids is 1. The summed E-state index contributed by atoms with van der Waals surface area (Å²) in [6.45, 7) is 6.17. The molecule has 2 N–H and O–H groups in total. The van der Waals surface area contributed by atoms with Gasteiger partial charge in [-0.05, 0) is 42.4 Å². The van der Waals surface area contributed by atoms with Gasteiger partial charge >= 0.3 is 5.97 Å². The van der Waals surface area contributed by atoms with E-state index in [2.05, 4.69) is 26.1 Å². The molecule has 5 nitrogen and oxygen atoms in total. The van der Waals surface area contributed by atoms with E-state index in [1.165, 1.54) is 12.1 Å². The molecule has 132 valence electrons. The van der Waals surface area contributed by atoms with E-state index in [1.807, 2.05) is 0 Å². The fourth-order valence-corrected chi connectivity index (χ4v) is 2.84. The van der Waals surface area contributed by atoms with Crippen LogP contribution >= 0.6 is 0 Å². The number of hydrogen-bond acceptors (Lipinski definition) is 3. The van der Waals surface area contributed by atoms with Crippen LogP contribution in [0.5, 0.6) is 0 Å². The second kappa shape index (κ2) is 7.30. The van der Waals surface area contributed by atoms with Crippen LogP contribution in [0.1, 0.15) is 51.6 Å². The topological polar surface area (TPSA) is 75.6 Å². The van der Waals surface area contributed by atoms with Crippen molar-refractivity contribution in [3.05, 3.63) is 35.6 Å². The maximum Gasteiger partial charge on any atom is 0.332 e. The van der Waals surface area contributed by atoms with Gasteiger partial charge in [-0.25, -0.2) is 9.18 Å². The Labute approximate surface area is 141 Å². The maximum absolute atomic E-state index is 13.2. The molecule has 1 aromatic rings. The van der Waals surface area contributed by atoms with Crippen LogP contribution in [0.3, 0.4) is 0 Å². The van der Waals surface area contributed by atoms with Crippen LogP contribution in [0.25, 0.3) is 0 Å². The van der Waals surface area contributed by atoms with Crippen molar-refractivity contribution in [2.45, 2.75) is 58.3 Å². The fraction of sp³-hybridized carbons (Fsp3) is 0.556. The Morgan fingerprint density at radius 2 is 1.83 bits per heavy atom. The molecule has 1 saturated heterocycles. The predicted octanol–water partition coefficient (Wildman–Crippen LogP) is 3.05. The van der Waals surface area contributed by atoms with Gasteiger partial charge in [0.05, 0.1) is 6.04 Å². The lowest BCUT2D eigenvalue weighted by atomic mass is 9.85. The summed E-state index contributed by atoms with van der Waals surface area (Å²) in [5.41, 5.74) is 0.763. The quantitative estimate of drug-likeness (QED) is 0.866. The molecule has 1 aliphatic rings. The smallest absolute Gasteiger partial charge is 0.332 e. The Kier molecular flexibility index (Phi) is 5.59. The molecule has 24 heavy (non-hydrogen) atoms. The van der Waals surface area contributed by atoms with Gasteiger partial charge in [-0.15, -0.1) is 0 Å². The molecule has 0 radical (unpaired) electrons. The molecule has 1 amide bonds. The molecule has 1 unspecified atom stereocenters. The van der Waals surface area contributed by atoms with Crippen molar-refractivity contribution in [2.24, 2.45) is 5.41 Å². The maximum atomic E-state index is 13.2. The van der Waals surface area contributed by atoms with Gasteiger partial charge in [0.2, 0.25) is 5.91 Å². The number of ether oxygens (including phenoxy) is 1. The largest absolute Gasteiger partial charge is 0.479 e. The second-order valence-electron chi connectivity index (χ2n) is 7.41. The minimum atomic E-state index is -1.05. The van der Waals surface area contributed by atoms with Crippen LogP contribution in [0.2, 0.25) is 0 Å². The van der Waals surface area contributed by atoms with Gasteiger partial charge in [-0.2, -0.15) is 0 Å². The Morgan fingerprint density at radius 3 is 2.33 bits per heavy atom. The molecular weight excluding hydrogens is 313 g/mol. The molecule has 1 aromatic carbocycles. The van der Waals surface area contributed by atoms with Crippen molar-refractivity contribution in [3.8, 4) is 0 Å². The molecule has 2 rings (SSSR count). The monoisotopic (exact) mass is 337 g/mol. The SMILES string of the molecule is CC(C)(C)CC(NC(=O)[C@@H]1CC[C@H](C(=O)O)O1)c1ccc(F)cc1. The average Bonchev–Trinajstić information content (AvgIpc) is 2.96. The molecule has 3 atom stereocenters. The molecular formula is C18H24FNO4. The van der Waals surface area contributed by atoms with Gasteiger partial charge in [0.25, 0.3) is 0 Å². The number of carbonyl (C=O) groups is 2. The zero-order valence-corrected chi connectivity index (χ0v) is 14.2. The van der Waals surface area contributed by atoms with Gasteiger partial charge in [-0.1, -0.05) is 32.9 Å². The van der Waals surface area contributed by atoms with Gasteiger partial charge in [0.15, 0.2) is 6.10 Å². The first-order chi connectivity index (χ1) is 11.2. The third kappa shape index (κ3) is 5.03. The zero-order chi connectivity index (χ0) is 17.9. The number of carboxylic acid groups (broad SMARTS) is 1. The molecule has 1 aliphatic heterocycles. The van der Waals surface area contributed by atoms with Crippen molar-refractivity contribution in [1.29, 1.82) is 0 Å². The summed E-state index contributed by atoms with van der Waals surface area (Å²) in [7, 11) is 0. The lowest BCUT2D eigenvalue weighted by molar-refractivity contribution is -0.152. The van der Waals surface area contributed by atoms with Crippen LogP contribution in [0.15, 0.2) is 24.3 Å². The number of carbonyl (C=O) groups excluding carboxylic acids is 1. The minimum absolute atomic E-state index is 0.0491. The third-order valence-corrected chi connectivity index (χ3v) is 3.99. The van der Waals surface area contributed by atoms with E-state index in [1.54, 1.807) is 12.1 Å². The van der Waals surface area contributed by atoms with E-state index in [4.69, 9.17) is 9.84 Å². The highest BCUT2D eigenvalue weighted by Gasteiger charge is 2.36. The predicted molar refractivity (Wildman–Crippen MR) is 86.9 cm³/mol. The number of amides is 1. The van der Waals surface area contributed by atoms with Crippen molar-refractivity contribution >= 4 is 11.9 Å². The number of halogens is 1. The zero-order valence-electron chi connectivity index (χ0n) is 14.2. The Hall–Kier alpha value is -1.95. The first-order valence-electron chi connectivity index (χ1n) is 8.10.